The molecule has 0 radical (unpaired) electrons. The van der Waals surface area contributed by atoms with Gasteiger partial charge in [0, 0.05) is 18.5 Å². The predicted molar refractivity (Wildman–Crippen MR) is 122 cm³/mol. The molecule has 0 saturated carbocycles. The molecule has 6 heteroatoms. The largest absolute Gasteiger partial charge is 0.494 e. The number of aryl methyl sites for hydroxylation is 1. The van der Waals surface area contributed by atoms with Crippen LogP contribution in [0.5, 0.6) is 5.75 Å². The van der Waals surface area contributed by atoms with Crippen LogP contribution >= 0.6 is 11.3 Å². The van der Waals surface area contributed by atoms with Crippen LogP contribution in [0.15, 0.2) is 73.1 Å². The number of thiazole rings is 1. The molecule has 0 aliphatic heterocycles. The van der Waals surface area contributed by atoms with Crippen LogP contribution in [0.3, 0.4) is 0 Å². The first-order valence-electron chi connectivity index (χ1n) is 9.53. The highest BCUT2D eigenvalue weighted by Gasteiger charge is 2.20. The zero-order chi connectivity index (χ0) is 20.9. The molecule has 0 unspecified atom stereocenters. The van der Waals surface area contributed by atoms with Crippen molar-refractivity contribution in [2.75, 3.05) is 12.0 Å². The molecule has 0 N–H and O–H groups in total. The summed E-state index contributed by atoms with van der Waals surface area (Å²) in [6, 6.07) is 17.5. The van der Waals surface area contributed by atoms with Crippen molar-refractivity contribution in [2.24, 2.45) is 0 Å². The average Bonchev–Trinajstić information content (AvgIpc) is 3.24. The van der Waals surface area contributed by atoms with Crippen LogP contribution in [-0.2, 0) is 11.3 Å². The monoisotopic (exact) mass is 415 g/mol. The van der Waals surface area contributed by atoms with Gasteiger partial charge in [0.1, 0.15) is 11.3 Å². The van der Waals surface area contributed by atoms with Crippen molar-refractivity contribution in [2.45, 2.75) is 13.5 Å². The minimum absolute atomic E-state index is 0.140. The predicted octanol–water partition coefficient (Wildman–Crippen LogP) is 5.25. The van der Waals surface area contributed by atoms with Crippen molar-refractivity contribution in [1.29, 1.82) is 0 Å². The first-order chi connectivity index (χ1) is 14.7. The molecule has 0 fully saturated rings. The first kappa shape index (κ1) is 19.8. The van der Waals surface area contributed by atoms with Crippen molar-refractivity contribution >= 4 is 38.7 Å². The van der Waals surface area contributed by atoms with Gasteiger partial charge >= 0.3 is 0 Å². The highest BCUT2D eigenvalue weighted by molar-refractivity contribution is 7.22. The fourth-order valence-electron chi connectivity index (χ4n) is 3.11. The molecule has 0 bridgehead atoms. The molecule has 0 spiro atoms. The summed E-state index contributed by atoms with van der Waals surface area (Å²) in [5, 5.41) is 0.629. The maximum Gasteiger partial charge on any atom is 0.253 e. The Kier molecular flexibility index (Phi) is 5.86. The molecule has 2 aromatic heterocycles. The van der Waals surface area contributed by atoms with Crippen LogP contribution < -0.4 is 9.64 Å². The summed E-state index contributed by atoms with van der Waals surface area (Å²) < 4.78 is 6.49. The molecule has 30 heavy (non-hydrogen) atoms. The standard InChI is InChI=1S/C24H21N3O2S/c1-17-10-12-20(29-2)22-23(17)30-24(26-22)27(16-19-9-6-14-25-15-19)21(28)13-11-18-7-4-3-5-8-18/h3-15H,16H2,1-2H3/b13-11+. The van der Waals surface area contributed by atoms with E-state index in [1.807, 2.05) is 67.6 Å². The molecule has 2 heterocycles. The van der Waals surface area contributed by atoms with E-state index in [9.17, 15) is 4.79 Å². The van der Waals surface area contributed by atoms with Gasteiger partial charge in [-0.05, 0) is 41.8 Å². The maximum absolute atomic E-state index is 13.2. The number of hydrogen-bond acceptors (Lipinski definition) is 5. The van der Waals surface area contributed by atoms with Crippen LogP contribution in [-0.4, -0.2) is 23.0 Å². The number of ether oxygens (including phenoxy) is 1. The van der Waals surface area contributed by atoms with E-state index in [-0.39, 0.29) is 5.91 Å². The summed E-state index contributed by atoms with van der Waals surface area (Å²) in [4.78, 5) is 23.8. The normalized spacial score (nSPS) is 11.1. The Morgan fingerprint density at radius 1 is 1.13 bits per heavy atom. The Bertz CT molecular complexity index is 1190. The number of fused-ring (bicyclic) bond motifs is 1. The van der Waals surface area contributed by atoms with Gasteiger partial charge in [-0.3, -0.25) is 14.7 Å². The number of pyridine rings is 1. The van der Waals surface area contributed by atoms with Crippen LogP contribution in [0.2, 0.25) is 0 Å². The van der Waals surface area contributed by atoms with Gasteiger partial charge < -0.3 is 4.74 Å². The van der Waals surface area contributed by atoms with Crippen LogP contribution in [0.1, 0.15) is 16.7 Å². The number of benzene rings is 2. The molecular formula is C24H21N3O2S. The van der Waals surface area contributed by atoms with Crippen molar-refractivity contribution in [3.05, 3.63) is 89.8 Å². The van der Waals surface area contributed by atoms with Crippen molar-refractivity contribution in [1.82, 2.24) is 9.97 Å². The third-order valence-electron chi connectivity index (χ3n) is 4.69. The van der Waals surface area contributed by atoms with E-state index < -0.39 is 0 Å². The Morgan fingerprint density at radius 2 is 1.97 bits per heavy atom. The zero-order valence-electron chi connectivity index (χ0n) is 16.8. The molecule has 5 nitrogen and oxygen atoms in total. The number of nitrogens with zero attached hydrogens (tertiary/aromatic N) is 3. The molecule has 0 saturated heterocycles. The summed E-state index contributed by atoms with van der Waals surface area (Å²) in [6.07, 6.45) is 6.89. The second-order valence-corrected chi connectivity index (χ2v) is 7.77. The fraction of sp³-hybridized carbons (Fsp3) is 0.125. The molecule has 4 rings (SSSR count). The number of amides is 1. The number of methoxy groups -OCH3 is 1. The topological polar surface area (TPSA) is 55.3 Å². The van der Waals surface area contributed by atoms with Crippen LogP contribution in [0.25, 0.3) is 16.3 Å². The average molecular weight is 416 g/mol. The Labute approximate surface area is 179 Å². The third-order valence-corrected chi connectivity index (χ3v) is 5.90. The van der Waals surface area contributed by atoms with Gasteiger partial charge in [0.05, 0.1) is 18.4 Å². The van der Waals surface area contributed by atoms with E-state index >= 15 is 0 Å². The van der Waals surface area contributed by atoms with Gasteiger partial charge in [0.25, 0.3) is 5.91 Å². The maximum atomic E-state index is 13.2. The summed E-state index contributed by atoms with van der Waals surface area (Å²) in [6.45, 7) is 2.42. The van der Waals surface area contributed by atoms with Crippen molar-refractivity contribution in [3.8, 4) is 5.75 Å². The summed E-state index contributed by atoms with van der Waals surface area (Å²) in [5.41, 5.74) is 3.77. The summed E-state index contributed by atoms with van der Waals surface area (Å²) >= 11 is 1.49. The number of carbonyl (C=O) groups is 1. The van der Waals surface area contributed by atoms with Gasteiger partial charge in [-0.15, -0.1) is 0 Å². The molecule has 0 aliphatic carbocycles. The number of hydrogen-bond donors (Lipinski definition) is 0. The van der Waals surface area contributed by atoms with Crippen molar-refractivity contribution < 1.29 is 9.53 Å². The van der Waals surface area contributed by atoms with Gasteiger partial charge in [-0.25, -0.2) is 4.98 Å². The Balaban J connectivity index is 1.73. The molecular weight excluding hydrogens is 394 g/mol. The molecule has 2 aromatic carbocycles. The number of anilines is 1. The molecule has 4 aromatic rings. The lowest BCUT2D eigenvalue weighted by Gasteiger charge is -2.18. The summed E-state index contributed by atoms with van der Waals surface area (Å²) in [7, 11) is 1.63. The van der Waals surface area contributed by atoms with E-state index in [0.717, 1.165) is 26.9 Å². The third kappa shape index (κ3) is 4.23. The second-order valence-electron chi connectivity index (χ2n) is 6.79. The Hall–Kier alpha value is -3.51. The fourth-order valence-corrected chi connectivity index (χ4v) is 4.17. The zero-order valence-corrected chi connectivity index (χ0v) is 17.6. The van der Waals surface area contributed by atoms with E-state index in [4.69, 9.17) is 9.72 Å². The molecule has 1 amide bonds. The SMILES string of the molecule is COc1ccc(C)c2sc(N(Cc3cccnc3)C(=O)/C=C/c3ccccc3)nc12. The number of carbonyl (C=O) groups excluding carboxylic acids is 1. The van der Waals surface area contributed by atoms with Gasteiger partial charge in [0.2, 0.25) is 0 Å². The van der Waals surface area contributed by atoms with E-state index in [0.29, 0.717) is 17.4 Å². The van der Waals surface area contributed by atoms with Crippen molar-refractivity contribution in [3.63, 3.8) is 0 Å². The number of aromatic nitrogens is 2. The minimum Gasteiger partial charge on any atom is -0.494 e. The highest BCUT2D eigenvalue weighted by atomic mass is 32.1. The lowest BCUT2D eigenvalue weighted by molar-refractivity contribution is -0.114. The number of rotatable bonds is 6. The quantitative estimate of drug-likeness (QED) is 0.403. The van der Waals surface area contributed by atoms with E-state index in [2.05, 4.69) is 4.98 Å². The summed E-state index contributed by atoms with van der Waals surface area (Å²) in [5.74, 6) is 0.560. The minimum atomic E-state index is -0.140. The van der Waals surface area contributed by atoms with Gasteiger partial charge in [0.15, 0.2) is 5.13 Å². The van der Waals surface area contributed by atoms with Crippen LogP contribution in [0, 0.1) is 6.92 Å². The molecule has 0 aliphatic rings. The van der Waals surface area contributed by atoms with Gasteiger partial charge in [-0.1, -0.05) is 53.8 Å². The first-order valence-corrected chi connectivity index (χ1v) is 10.3. The molecule has 0 atom stereocenters. The highest BCUT2D eigenvalue weighted by Crippen LogP contribution is 2.37. The lowest BCUT2D eigenvalue weighted by Crippen LogP contribution is -2.28. The van der Waals surface area contributed by atoms with E-state index in [1.165, 1.54) is 11.3 Å². The molecule has 150 valence electrons. The van der Waals surface area contributed by atoms with Gasteiger partial charge in [-0.2, -0.15) is 0 Å². The van der Waals surface area contributed by atoms with Crippen LogP contribution in [0.4, 0.5) is 5.13 Å². The smallest absolute Gasteiger partial charge is 0.253 e. The lowest BCUT2D eigenvalue weighted by atomic mass is 10.2. The Morgan fingerprint density at radius 3 is 2.70 bits per heavy atom. The second kappa shape index (κ2) is 8.88. The van der Waals surface area contributed by atoms with E-state index in [1.54, 1.807) is 30.5 Å².